The van der Waals surface area contributed by atoms with Crippen LogP contribution in [0.2, 0.25) is 0 Å². The normalized spacial score (nSPS) is 10.4. The molecule has 0 radical (unpaired) electrons. The second-order valence-electron chi connectivity index (χ2n) is 6.35. The number of para-hydroxylation sites is 1. The highest BCUT2D eigenvalue weighted by Crippen LogP contribution is 2.20. The molecule has 5 heteroatoms. The molecule has 144 valence electrons. The zero-order valence-corrected chi connectivity index (χ0v) is 15.9. The standard InChI is InChI=1S/C21H30O5/c1-3-5-7-9-15-19(22)25-18-14-12-11-13-17(18)21(24)26-20(23)16-10-8-6-4-2/h11-14H,3-10,15-16H2,1-2H3. The summed E-state index contributed by atoms with van der Waals surface area (Å²) in [5.41, 5.74) is 0.0938. The van der Waals surface area contributed by atoms with Crippen LogP contribution >= 0.6 is 0 Å². The van der Waals surface area contributed by atoms with Crippen LogP contribution in [0.5, 0.6) is 5.75 Å². The lowest BCUT2D eigenvalue weighted by atomic mass is 10.1. The summed E-state index contributed by atoms with van der Waals surface area (Å²) in [7, 11) is 0. The minimum atomic E-state index is -0.778. The number of carbonyl (C=O) groups excluding carboxylic acids is 3. The van der Waals surface area contributed by atoms with Crippen molar-refractivity contribution in [3.63, 3.8) is 0 Å². The van der Waals surface area contributed by atoms with Crippen molar-refractivity contribution in [3.8, 4) is 5.75 Å². The summed E-state index contributed by atoms with van der Waals surface area (Å²) >= 11 is 0. The molecule has 0 bridgehead atoms. The van der Waals surface area contributed by atoms with Crippen molar-refractivity contribution in [2.45, 2.75) is 78.1 Å². The molecular formula is C21H30O5. The predicted octanol–water partition coefficient (Wildman–Crippen LogP) is 5.22. The first-order valence-electron chi connectivity index (χ1n) is 9.63. The molecular weight excluding hydrogens is 332 g/mol. The van der Waals surface area contributed by atoms with Gasteiger partial charge in [-0.3, -0.25) is 9.59 Å². The van der Waals surface area contributed by atoms with E-state index < -0.39 is 11.9 Å². The Morgan fingerprint density at radius 1 is 0.769 bits per heavy atom. The number of ether oxygens (including phenoxy) is 2. The van der Waals surface area contributed by atoms with Gasteiger partial charge in [0.15, 0.2) is 0 Å². The third-order valence-electron chi connectivity index (χ3n) is 4.01. The molecule has 0 fully saturated rings. The molecule has 0 unspecified atom stereocenters. The van der Waals surface area contributed by atoms with Gasteiger partial charge in [-0.15, -0.1) is 0 Å². The number of unbranched alkanes of at least 4 members (excludes halogenated alkanes) is 6. The first-order chi connectivity index (χ1) is 12.6. The zero-order chi connectivity index (χ0) is 19.2. The monoisotopic (exact) mass is 362 g/mol. The van der Waals surface area contributed by atoms with Crippen LogP contribution in [-0.2, 0) is 14.3 Å². The van der Waals surface area contributed by atoms with Gasteiger partial charge in [0.2, 0.25) is 0 Å². The van der Waals surface area contributed by atoms with Crippen molar-refractivity contribution >= 4 is 17.9 Å². The van der Waals surface area contributed by atoms with Crippen molar-refractivity contribution in [2.24, 2.45) is 0 Å². The van der Waals surface area contributed by atoms with Crippen LogP contribution < -0.4 is 4.74 Å². The quantitative estimate of drug-likeness (QED) is 0.221. The highest BCUT2D eigenvalue weighted by atomic mass is 16.6. The fourth-order valence-corrected chi connectivity index (χ4v) is 2.50. The van der Waals surface area contributed by atoms with Gasteiger partial charge < -0.3 is 9.47 Å². The Morgan fingerprint density at radius 3 is 1.96 bits per heavy atom. The van der Waals surface area contributed by atoms with Crippen LogP contribution in [-0.4, -0.2) is 17.9 Å². The van der Waals surface area contributed by atoms with Crippen LogP contribution in [0.1, 0.15) is 88.4 Å². The van der Waals surface area contributed by atoms with Crippen molar-refractivity contribution in [2.75, 3.05) is 0 Å². The molecule has 0 aliphatic heterocycles. The molecule has 0 N–H and O–H groups in total. The van der Waals surface area contributed by atoms with E-state index in [1.807, 2.05) is 0 Å². The lowest BCUT2D eigenvalue weighted by Gasteiger charge is -2.09. The Labute approximate surface area is 156 Å². The number of esters is 3. The minimum Gasteiger partial charge on any atom is -0.426 e. The zero-order valence-electron chi connectivity index (χ0n) is 15.9. The summed E-state index contributed by atoms with van der Waals surface area (Å²) < 4.78 is 10.2. The van der Waals surface area contributed by atoms with Gasteiger partial charge in [0.1, 0.15) is 11.3 Å². The Balaban J connectivity index is 2.54. The summed E-state index contributed by atoms with van der Waals surface area (Å²) in [6.07, 6.45) is 8.19. The average Bonchev–Trinajstić information content (AvgIpc) is 2.63. The molecule has 0 saturated carbocycles. The Kier molecular flexibility index (Phi) is 11.0. The largest absolute Gasteiger partial charge is 0.426 e. The fourth-order valence-electron chi connectivity index (χ4n) is 2.50. The van der Waals surface area contributed by atoms with E-state index >= 15 is 0 Å². The minimum absolute atomic E-state index is 0.0938. The number of hydrogen-bond donors (Lipinski definition) is 0. The highest BCUT2D eigenvalue weighted by Gasteiger charge is 2.19. The molecule has 0 aromatic heterocycles. The number of benzene rings is 1. The fraction of sp³-hybridized carbons (Fsp3) is 0.571. The van der Waals surface area contributed by atoms with Crippen LogP contribution in [0, 0.1) is 0 Å². The molecule has 1 aromatic rings. The van der Waals surface area contributed by atoms with Gasteiger partial charge >= 0.3 is 17.9 Å². The van der Waals surface area contributed by atoms with Crippen molar-refractivity contribution < 1.29 is 23.9 Å². The van der Waals surface area contributed by atoms with E-state index in [9.17, 15) is 14.4 Å². The summed E-state index contributed by atoms with van der Waals surface area (Å²) in [4.78, 5) is 35.9. The van der Waals surface area contributed by atoms with Crippen molar-refractivity contribution in [1.82, 2.24) is 0 Å². The maximum Gasteiger partial charge on any atom is 0.349 e. The van der Waals surface area contributed by atoms with E-state index in [2.05, 4.69) is 13.8 Å². The van der Waals surface area contributed by atoms with E-state index in [-0.39, 0.29) is 23.7 Å². The summed E-state index contributed by atoms with van der Waals surface area (Å²) in [6.45, 7) is 4.19. The maximum atomic E-state index is 12.2. The molecule has 0 amide bonds. The van der Waals surface area contributed by atoms with Gasteiger partial charge in [-0.25, -0.2) is 4.79 Å². The summed E-state index contributed by atoms with van der Waals surface area (Å²) in [6, 6.07) is 6.34. The van der Waals surface area contributed by atoms with E-state index in [4.69, 9.17) is 9.47 Å². The molecule has 0 saturated heterocycles. The maximum absolute atomic E-state index is 12.2. The third kappa shape index (κ3) is 8.79. The second-order valence-corrected chi connectivity index (χ2v) is 6.35. The highest BCUT2D eigenvalue weighted by molar-refractivity contribution is 5.99. The van der Waals surface area contributed by atoms with Crippen LogP contribution in [0.25, 0.3) is 0 Å². The topological polar surface area (TPSA) is 69.7 Å². The molecule has 5 nitrogen and oxygen atoms in total. The molecule has 1 aromatic carbocycles. The third-order valence-corrected chi connectivity index (χ3v) is 4.01. The van der Waals surface area contributed by atoms with Gasteiger partial charge in [-0.2, -0.15) is 0 Å². The summed E-state index contributed by atoms with van der Waals surface area (Å²) in [5.74, 6) is -1.57. The van der Waals surface area contributed by atoms with Crippen LogP contribution in [0.15, 0.2) is 24.3 Å². The number of rotatable bonds is 12. The van der Waals surface area contributed by atoms with Gasteiger partial charge in [0.25, 0.3) is 0 Å². The van der Waals surface area contributed by atoms with E-state index in [1.165, 1.54) is 12.1 Å². The molecule has 26 heavy (non-hydrogen) atoms. The second kappa shape index (κ2) is 13.1. The van der Waals surface area contributed by atoms with Crippen LogP contribution in [0.4, 0.5) is 0 Å². The van der Waals surface area contributed by atoms with E-state index in [0.29, 0.717) is 12.8 Å². The van der Waals surface area contributed by atoms with Crippen LogP contribution in [0.3, 0.4) is 0 Å². The molecule has 0 spiro atoms. The van der Waals surface area contributed by atoms with Gasteiger partial charge in [-0.05, 0) is 25.0 Å². The molecule has 1 rings (SSSR count). The van der Waals surface area contributed by atoms with Crippen molar-refractivity contribution in [3.05, 3.63) is 29.8 Å². The summed E-state index contributed by atoms with van der Waals surface area (Å²) in [5, 5.41) is 0. The smallest absolute Gasteiger partial charge is 0.349 e. The van der Waals surface area contributed by atoms with Gasteiger partial charge in [0, 0.05) is 12.8 Å². The Bertz CT molecular complexity index is 580. The lowest BCUT2D eigenvalue weighted by molar-refractivity contribution is -0.138. The average molecular weight is 362 g/mol. The SMILES string of the molecule is CCCCCCC(=O)OC(=O)c1ccccc1OC(=O)CCCCCC. The first kappa shape index (κ1) is 21.9. The molecule has 0 aliphatic rings. The van der Waals surface area contributed by atoms with Gasteiger partial charge in [0.05, 0.1) is 0 Å². The molecule has 0 atom stereocenters. The predicted molar refractivity (Wildman–Crippen MR) is 100 cm³/mol. The molecule has 0 heterocycles. The number of carbonyl (C=O) groups is 3. The van der Waals surface area contributed by atoms with E-state index in [0.717, 1.165) is 44.9 Å². The Hall–Kier alpha value is -2.17. The van der Waals surface area contributed by atoms with Gasteiger partial charge in [-0.1, -0.05) is 64.5 Å². The Morgan fingerprint density at radius 2 is 1.35 bits per heavy atom. The lowest BCUT2D eigenvalue weighted by Crippen LogP contribution is -2.15. The first-order valence-corrected chi connectivity index (χ1v) is 9.63. The molecule has 0 aliphatic carbocycles. The number of hydrogen-bond acceptors (Lipinski definition) is 5. The van der Waals surface area contributed by atoms with E-state index in [1.54, 1.807) is 12.1 Å². The van der Waals surface area contributed by atoms with Crippen molar-refractivity contribution in [1.29, 1.82) is 0 Å².